The highest BCUT2D eigenvalue weighted by Gasteiger charge is 2.51. The molecule has 0 unspecified atom stereocenters. The van der Waals surface area contributed by atoms with E-state index in [1.54, 1.807) is 16.1 Å². The van der Waals surface area contributed by atoms with Crippen molar-refractivity contribution in [1.82, 2.24) is 19.8 Å². The number of piperazine rings is 1. The lowest BCUT2D eigenvalue weighted by Gasteiger charge is -2.40. The Balaban J connectivity index is 1.57. The Bertz CT molecular complexity index is 926. The fourth-order valence-electron chi connectivity index (χ4n) is 4.47. The van der Waals surface area contributed by atoms with E-state index in [1.165, 1.54) is 7.11 Å². The van der Waals surface area contributed by atoms with Crippen LogP contribution in [-0.2, 0) is 25.5 Å². The third-order valence-corrected chi connectivity index (χ3v) is 5.90. The zero-order chi connectivity index (χ0) is 20.5. The van der Waals surface area contributed by atoms with Crippen LogP contribution in [-0.4, -0.2) is 63.8 Å². The maximum Gasteiger partial charge on any atom is 0.311 e. The van der Waals surface area contributed by atoms with Gasteiger partial charge in [-0.3, -0.25) is 14.4 Å². The van der Waals surface area contributed by atoms with Gasteiger partial charge >= 0.3 is 5.97 Å². The van der Waals surface area contributed by atoms with Crippen LogP contribution in [0.1, 0.15) is 29.4 Å². The molecule has 8 nitrogen and oxygen atoms in total. The molecule has 4 rings (SSSR count). The molecule has 2 amide bonds. The number of rotatable bonds is 4. The number of esters is 1. The van der Waals surface area contributed by atoms with Crippen molar-refractivity contribution in [2.75, 3.05) is 20.2 Å². The smallest absolute Gasteiger partial charge is 0.311 e. The first kappa shape index (κ1) is 19.2. The molecule has 3 heterocycles. The molecule has 0 aliphatic carbocycles. The van der Waals surface area contributed by atoms with E-state index in [9.17, 15) is 14.4 Å². The minimum Gasteiger partial charge on any atom is -0.469 e. The number of methoxy groups -OCH3 is 1. The zero-order valence-corrected chi connectivity index (χ0v) is 16.5. The Morgan fingerprint density at radius 3 is 2.69 bits per heavy atom. The lowest BCUT2D eigenvalue weighted by atomic mass is 9.93. The van der Waals surface area contributed by atoms with Gasteiger partial charge in [-0.2, -0.15) is 0 Å². The molecule has 2 aromatic rings. The Hall–Kier alpha value is -3.16. The fourth-order valence-corrected chi connectivity index (χ4v) is 4.47. The second kappa shape index (κ2) is 7.69. The minimum absolute atomic E-state index is 0.00995. The van der Waals surface area contributed by atoms with Gasteiger partial charge in [0.05, 0.1) is 50.1 Å². The summed E-state index contributed by atoms with van der Waals surface area (Å²) in [5.74, 6) is -1.05. The Labute approximate surface area is 168 Å². The van der Waals surface area contributed by atoms with Gasteiger partial charge in [0, 0.05) is 12.2 Å². The molecule has 152 valence electrons. The molecule has 0 spiro atoms. The maximum absolute atomic E-state index is 13.1. The summed E-state index contributed by atoms with van der Waals surface area (Å²) in [6, 6.07) is 8.96. The van der Waals surface area contributed by atoms with Crippen LogP contribution in [0.5, 0.6) is 0 Å². The Morgan fingerprint density at radius 1 is 1.28 bits per heavy atom. The standard InChI is InChI=1S/C21H24N4O4/c1-13-17(23-12-22-13)9-18(26)24-10-15-8-16(21(28)29-2)20(25(15)19(27)11-24)14-6-4-3-5-7-14/h3-7,12,15-16,20H,8-11H2,1-2H3,(H,22,23)/t15-,16-,20-/m0/s1. The number of ether oxygens (including phenoxy) is 1. The van der Waals surface area contributed by atoms with Crippen LogP contribution in [0.3, 0.4) is 0 Å². The number of hydrogen-bond donors (Lipinski definition) is 1. The summed E-state index contributed by atoms with van der Waals surface area (Å²) in [5.41, 5.74) is 2.44. The largest absolute Gasteiger partial charge is 0.469 e. The average molecular weight is 396 g/mol. The van der Waals surface area contributed by atoms with Crippen LogP contribution < -0.4 is 0 Å². The molecule has 1 N–H and O–H groups in total. The second-order valence-electron chi connectivity index (χ2n) is 7.60. The van der Waals surface area contributed by atoms with Crippen LogP contribution in [0.25, 0.3) is 0 Å². The molecular formula is C21H24N4O4. The number of aromatic amines is 1. The molecule has 2 aliphatic rings. The normalized spacial score (nSPS) is 23.8. The molecule has 1 aromatic heterocycles. The highest BCUT2D eigenvalue weighted by Crippen LogP contribution is 2.43. The molecule has 0 bridgehead atoms. The molecule has 1 aromatic carbocycles. The van der Waals surface area contributed by atoms with E-state index in [2.05, 4.69) is 9.97 Å². The summed E-state index contributed by atoms with van der Waals surface area (Å²) in [4.78, 5) is 48.8. The zero-order valence-electron chi connectivity index (χ0n) is 16.5. The van der Waals surface area contributed by atoms with Crippen LogP contribution in [0.2, 0.25) is 0 Å². The van der Waals surface area contributed by atoms with Crippen molar-refractivity contribution in [3.05, 3.63) is 53.6 Å². The summed E-state index contributed by atoms with van der Waals surface area (Å²) >= 11 is 0. The third kappa shape index (κ3) is 3.50. The van der Waals surface area contributed by atoms with Gasteiger partial charge in [-0.25, -0.2) is 4.98 Å². The summed E-state index contributed by atoms with van der Waals surface area (Å²) in [6.45, 7) is 2.28. The summed E-state index contributed by atoms with van der Waals surface area (Å²) in [5, 5.41) is 0. The number of nitrogens with zero attached hydrogens (tertiary/aromatic N) is 3. The predicted octanol–water partition coefficient (Wildman–Crippen LogP) is 1.23. The van der Waals surface area contributed by atoms with Crippen molar-refractivity contribution < 1.29 is 19.1 Å². The number of imidazole rings is 1. The van der Waals surface area contributed by atoms with E-state index in [4.69, 9.17) is 4.74 Å². The van der Waals surface area contributed by atoms with Crippen molar-refractivity contribution in [2.45, 2.75) is 31.8 Å². The lowest BCUT2D eigenvalue weighted by Crippen LogP contribution is -2.56. The summed E-state index contributed by atoms with van der Waals surface area (Å²) < 4.78 is 5.02. The number of nitrogens with one attached hydrogen (secondary N) is 1. The third-order valence-electron chi connectivity index (χ3n) is 5.90. The van der Waals surface area contributed by atoms with Crippen molar-refractivity contribution in [2.24, 2.45) is 5.92 Å². The van der Waals surface area contributed by atoms with Crippen molar-refractivity contribution in [3.8, 4) is 0 Å². The molecule has 3 atom stereocenters. The van der Waals surface area contributed by atoms with Gasteiger partial charge in [0.25, 0.3) is 0 Å². The molecule has 2 saturated heterocycles. The topological polar surface area (TPSA) is 95.6 Å². The van der Waals surface area contributed by atoms with Gasteiger partial charge in [0.15, 0.2) is 0 Å². The van der Waals surface area contributed by atoms with Gasteiger partial charge in [0.2, 0.25) is 11.8 Å². The second-order valence-corrected chi connectivity index (χ2v) is 7.60. The first-order valence-electron chi connectivity index (χ1n) is 9.70. The van der Waals surface area contributed by atoms with E-state index < -0.39 is 5.92 Å². The lowest BCUT2D eigenvalue weighted by molar-refractivity contribution is -0.150. The summed E-state index contributed by atoms with van der Waals surface area (Å²) in [6.07, 6.45) is 2.19. The molecule has 0 saturated carbocycles. The number of carbonyl (C=O) groups is 3. The Kier molecular flexibility index (Phi) is 5.08. The fraction of sp³-hybridized carbons (Fsp3) is 0.429. The number of amides is 2. The molecule has 8 heteroatoms. The number of fused-ring (bicyclic) bond motifs is 1. The minimum atomic E-state index is -0.444. The van der Waals surface area contributed by atoms with E-state index >= 15 is 0 Å². The maximum atomic E-state index is 13.1. The van der Waals surface area contributed by atoms with Crippen molar-refractivity contribution in [1.29, 1.82) is 0 Å². The van der Waals surface area contributed by atoms with Gasteiger partial charge in [-0.1, -0.05) is 30.3 Å². The number of benzene rings is 1. The summed E-state index contributed by atoms with van der Waals surface area (Å²) in [7, 11) is 1.37. The monoisotopic (exact) mass is 396 g/mol. The molecular weight excluding hydrogens is 372 g/mol. The van der Waals surface area contributed by atoms with E-state index in [1.807, 2.05) is 37.3 Å². The van der Waals surface area contributed by atoms with Crippen LogP contribution in [0, 0.1) is 12.8 Å². The van der Waals surface area contributed by atoms with Crippen molar-refractivity contribution >= 4 is 17.8 Å². The van der Waals surface area contributed by atoms with Gasteiger partial charge in [-0.05, 0) is 18.9 Å². The highest BCUT2D eigenvalue weighted by molar-refractivity contribution is 5.88. The molecule has 29 heavy (non-hydrogen) atoms. The van der Waals surface area contributed by atoms with Crippen LogP contribution >= 0.6 is 0 Å². The van der Waals surface area contributed by atoms with Crippen LogP contribution in [0.4, 0.5) is 0 Å². The first-order chi connectivity index (χ1) is 14.0. The van der Waals surface area contributed by atoms with Crippen molar-refractivity contribution in [3.63, 3.8) is 0 Å². The number of aromatic nitrogens is 2. The van der Waals surface area contributed by atoms with Gasteiger partial charge < -0.3 is 19.5 Å². The van der Waals surface area contributed by atoms with E-state index in [-0.39, 0.29) is 42.8 Å². The number of aryl methyl sites for hydroxylation is 1. The van der Waals surface area contributed by atoms with E-state index in [0.29, 0.717) is 18.7 Å². The molecule has 2 aliphatic heterocycles. The van der Waals surface area contributed by atoms with E-state index in [0.717, 1.165) is 11.3 Å². The van der Waals surface area contributed by atoms with Gasteiger partial charge in [-0.15, -0.1) is 0 Å². The number of H-pyrrole nitrogens is 1. The average Bonchev–Trinajstić information content (AvgIpc) is 3.31. The van der Waals surface area contributed by atoms with Gasteiger partial charge in [0.1, 0.15) is 0 Å². The number of carbonyl (C=O) groups excluding carboxylic acids is 3. The number of hydrogen-bond acceptors (Lipinski definition) is 5. The highest BCUT2D eigenvalue weighted by atomic mass is 16.5. The molecule has 0 radical (unpaired) electrons. The SMILES string of the molecule is COC(=O)[C@H]1C[C@H]2CN(C(=O)Cc3nc[nH]c3C)CC(=O)N2[C@H]1c1ccccc1. The Morgan fingerprint density at radius 2 is 2.03 bits per heavy atom. The first-order valence-corrected chi connectivity index (χ1v) is 9.70. The van der Waals surface area contributed by atoms with Crippen LogP contribution in [0.15, 0.2) is 36.7 Å². The predicted molar refractivity (Wildman–Crippen MR) is 104 cm³/mol. The quantitative estimate of drug-likeness (QED) is 0.785. The molecule has 2 fully saturated rings.